The Morgan fingerprint density at radius 1 is 0.934 bits per heavy atom. The molecule has 2 N–H and O–H groups in total. The number of ether oxygens (including phenoxy) is 4. The molecule has 1 atom stereocenters. The van der Waals surface area contributed by atoms with Gasteiger partial charge in [-0.3, -0.25) is 4.79 Å². The van der Waals surface area contributed by atoms with Crippen molar-refractivity contribution >= 4 is 52.2 Å². The average Bonchev–Trinajstić information content (AvgIpc) is 3.67. The molecule has 1 saturated heterocycles. The number of carbonyl (C=O) groups is 2. The Balaban J connectivity index is 0.926. The van der Waals surface area contributed by atoms with Crippen molar-refractivity contribution in [1.82, 2.24) is 24.6 Å². The molecule has 4 bridgehead atoms. The molecule has 5 aromatic rings. The van der Waals surface area contributed by atoms with Crippen molar-refractivity contribution in [3.8, 4) is 28.5 Å². The Kier molecular flexibility index (Phi) is 11.3. The van der Waals surface area contributed by atoms with E-state index in [1.807, 2.05) is 71.4 Å². The maximum Gasteiger partial charge on any atom is 0.330 e. The number of aromatic nitrogens is 4. The summed E-state index contributed by atoms with van der Waals surface area (Å²) in [5, 5.41) is 6.03. The minimum atomic E-state index is -0.518. The second-order valence-electron chi connectivity index (χ2n) is 16.7. The summed E-state index contributed by atoms with van der Waals surface area (Å²) < 4.78 is 25.2. The minimum Gasteiger partial charge on any atom is -0.496 e. The Labute approximate surface area is 360 Å². The fourth-order valence-electron chi connectivity index (χ4n) is 10.3. The molecular formula is C48H49ClN6O6. The van der Waals surface area contributed by atoms with Gasteiger partial charge in [0.05, 0.1) is 30.7 Å². The molecule has 3 heterocycles. The van der Waals surface area contributed by atoms with Crippen LogP contribution in [0.1, 0.15) is 62.1 Å². The third kappa shape index (κ3) is 8.08. The highest BCUT2D eigenvalue weighted by Crippen LogP contribution is 2.58. The van der Waals surface area contributed by atoms with Gasteiger partial charge < -0.3 is 29.6 Å². The number of hydrogen-bond acceptors (Lipinski definition) is 10. The number of nitrogens with zero attached hydrogens (tertiary/aromatic N) is 5. The Morgan fingerprint density at radius 3 is 2.36 bits per heavy atom. The highest BCUT2D eigenvalue weighted by Gasteiger charge is 2.47. The van der Waals surface area contributed by atoms with Crippen LogP contribution in [0.15, 0.2) is 96.9 Å². The first-order chi connectivity index (χ1) is 29.7. The molecule has 2 aromatic heterocycles. The SMILES string of the molecule is C=C(COc1c(Cl)cc(C(OC)=C2C3CC4CC(C3)CC2C4)cc1/C=C/C(=O)OC)C(=O)N1CCC[C@@H](n2nc(-c3ccc(Oc4ccccc4)cc3)c3c(N)ncnc32)C1. The predicted molar refractivity (Wildman–Crippen MR) is 235 cm³/mol. The van der Waals surface area contributed by atoms with E-state index in [1.165, 1.54) is 57.2 Å². The third-order valence-electron chi connectivity index (χ3n) is 12.8. The van der Waals surface area contributed by atoms with Gasteiger partial charge in [0.15, 0.2) is 5.65 Å². The van der Waals surface area contributed by atoms with Crippen LogP contribution in [-0.2, 0) is 19.1 Å². The number of rotatable bonds is 12. The number of allylic oxidation sites excluding steroid dienone is 1. The lowest BCUT2D eigenvalue weighted by Crippen LogP contribution is -2.42. The van der Waals surface area contributed by atoms with Gasteiger partial charge in [-0.2, -0.15) is 5.10 Å². The highest BCUT2D eigenvalue weighted by molar-refractivity contribution is 6.32. The zero-order chi connectivity index (χ0) is 42.2. The van der Waals surface area contributed by atoms with Gasteiger partial charge in [0.1, 0.15) is 47.5 Å². The number of anilines is 1. The standard InChI is InChI=1S/C48H49ClN6O6/c1-28(26-60-44-32(13-16-40(56)58-2)23-35(24-39(44)49)45(59-3)41-33-19-29-18-30(21-33)22-34(41)20-29)48(57)54-17-7-8-36(25-54)55-47-42(46(50)51-27-52-47)43(53-55)31-11-14-38(15-12-31)61-37-9-5-4-6-10-37/h4-6,9-16,23-24,27,29-30,33-34,36H,1,7-8,17-22,25-26H2,2-3H3,(H2,50,51,52)/b16-13+,45-41?/t29?,30?,33?,34?,36-/m1/s1. The molecule has 5 aliphatic rings. The van der Waals surface area contributed by atoms with Crippen LogP contribution in [0.2, 0.25) is 5.02 Å². The van der Waals surface area contributed by atoms with Gasteiger partial charge in [0.2, 0.25) is 0 Å². The second-order valence-corrected chi connectivity index (χ2v) is 17.1. The summed E-state index contributed by atoms with van der Waals surface area (Å²) in [5.41, 5.74) is 11.6. The molecule has 314 valence electrons. The molecule has 61 heavy (non-hydrogen) atoms. The number of esters is 1. The van der Waals surface area contributed by atoms with E-state index in [4.69, 9.17) is 41.4 Å². The summed E-state index contributed by atoms with van der Waals surface area (Å²) in [6, 6.07) is 20.8. The molecule has 5 fully saturated rings. The van der Waals surface area contributed by atoms with E-state index in [9.17, 15) is 9.59 Å². The molecule has 12 nitrogen and oxygen atoms in total. The summed E-state index contributed by atoms with van der Waals surface area (Å²) >= 11 is 7.01. The number of fused-ring (bicyclic) bond motifs is 1. The molecule has 13 heteroatoms. The first kappa shape index (κ1) is 40.3. The lowest BCUT2D eigenvalue weighted by Gasteiger charge is -2.51. The van der Waals surface area contributed by atoms with E-state index in [0.717, 1.165) is 47.3 Å². The number of piperidine rings is 1. The topological polar surface area (TPSA) is 144 Å². The molecule has 0 radical (unpaired) electrons. The van der Waals surface area contributed by atoms with E-state index in [0.29, 0.717) is 69.6 Å². The van der Waals surface area contributed by atoms with Gasteiger partial charge in [0.25, 0.3) is 5.91 Å². The molecule has 1 amide bonds. The number of hydrogen-bond donors (Lipinski definition) is 1. The number of likely N-dealkylation sites (tertiary alicyclic amines) is 1. The molecule has 4 aliphatic carbocycles. The lowest BCUT2D eigenvalue weighted by molar-refractivity contribution is -0.134. The maximum absolute atomic E-state index is 14.0. The Morgan fingerprint density at radius 2 is 1.66 bits per heavy atom. The van der Waals surface area contributed by atoms with E-state index in [-0.39, 0.29) is 24.1 Å². The fraction of sp³-hybridized carbons (Fsp3) is 0.354. The first-order valence-corrected chi connectivity index (χ1v) is 21.3. The van der Waals surface area contributed by atoms with Crippen molar-refractivity contribution in [2.75, 3.05) is 39.6 Å². The number of carbonyl (C=O) groups excluding carboxylic acids is 2. The van der Waals surface area contributed by atoms with Crippen molar-refractivity contribution in [2.45, 2.75) is 51.0 Å². The van der Waals surface area contributed by atoms with E-state index in [1.54, 1.807) is 18.1 Å². The van der Waals surface area contributed by atoms with Crippen molar-refractivity contribution in [3.63, 3.8) is 0 Å². The summed E-state index contributed by atoms with van der Waals surface area (Å²) in [6.07, 6.45) is 12.1. The zero-order valence-corrected chi connectivity index (χ0v) is 35.1. The minimum absolute atomic E-state index is 0.119. The lowest BCUT2D eigenvalue weighted by atomic mass is 9.54. The van der Waals surface area contributed by atoms with Crippen molar-refractivity contribution < 1.29 is 28.5 Å². The molecule has 0 unspecified atom stereocenters. The van der Waals surface area contributed by atoms with Crippen LogP contribution >= 0.6 is 11.6 Å². The van der Waals surface area contributed by atoms with Crippen LogP contribution in [-0.4, -0.2) is 70.4 Å². The monoisotopic (exact) mass is 840 g/mol. The van der Waals surface area contributed by atoms with Gasteiger partial charge in [-0.15, -0.1) is 0 Å². The molecule has 3 aromatic carbocycles. The van der Waals surface area contributed by atoms with Crippen LogP contribution in [0, 0.1) is 23.7 Å². The average molecular weight is 841 g/mol. The molecule has 0 spiro atoms. The van der Waals surface area contributed by atoms with Gasteiger partial charge in [-0.05, 0) is 129 Å². The highest BCUT2D eigenvalue weighted by atomic mass is 35.5. The first-order valence-electron chi connectivity index (χ1n) is 21.0. The molecule has 10 rings (SSSR count). The summed E-state index contributed by atoms with van der Waals surface area (Å²) in [7, 11) is 3.04. The number of halogens is 1. The number of para-hydroxylation sites is 1. The van der Waals surface area contributed by atoms with Gasteiger partial charge in [-0.1, -0.05) is 36.4 Å². The van der Waals surface area contributed by atoms with Gasteiger partial charge in [-0.25, -0.2) is 19.4 Å². The molecule has 4 saturated carbocycles. The maximum atomic E-state index is 14.0. The van der Waals surface area contributed by atoms with Crippen LogP contribution < -0.4 is 15.2 Å². The van der Waals surface area contributed by atoms with Crippen molar-refractivity contribution in [1.29, 1.82) is 0 Å². The molecule has 1 aliphatic heterocycles. The van der Waals surface area contributed by atoms with Gasteiger partial charge >= 0.3 is 5.97 Å². The van der Waals surface area contributed by atoms with E-state index >= 15 is 0 Å². The van der Waals surface area contributed by atoms with Crippen LogP contribution in [0.5, 0.6) is 17.2 Å². The fourth-order valence-corrected chi connectivity index (χ4v) is 10.5. The summed E-state index contributed by atoms with van der Waals surface area (Å²) in [4.78, 5) is 37.0. The predicted octanol–water partition coefficient (Wildman–Crippen LogP) is 9.32. The number of nitrogens with two attached hydrogens (primary N) is 1. The number of nitrogen functional groups attached to an aromatic ring is 1. The smallest absolute Gasteiger partial charge is 0.330 e. The van der Waals surface area contributed by atoms with Crippen LogP contribution in [0.25, 0.3) is 34.1 Å². The Hall–Kier alpha value is -6.14. The van der Waals surface area contributed by atoms with Crippen LogP contribution in [0.3, 0.4) is 0 Å². The largest absolute Gasteiger partial charge is 0.496 e. The van der Waals surface area contributed by atoms with Gasteiger partial charge in [0, 0.05) is 41.4 Å². The number of methoxy groups -OCH3 is 2. The zero-order valence-electron chi connectivity index (χ0n) is 34.4. The van der Waals surface area contributed by atoms with Crippen LogP contribution in [0.4, 0.5) is 5.82 Å². The quantitative estimate of drug-likeness (QED) is 0.0733. The molecular weight excluding hydrogens is 792 g/mol. The van der Waals surface area contributed by atoms with E-state index in [2.05, 4.69) is 16.5 Å². The normalized spacial score (nSPS) is 21.8. The van der Waals surface area contributed by atoms with Crippen molar-refractivity contribution in [3.05, 3.63) is 113 Å². The summed E-state index contributed by atoms with van der Waals surface area (Å²) in [6.45, 7) is 4.94. The number of amides is 1. The third-order valence-corrected chi connectivity index (χ3v) is 13.0. The second kappa shape index (κ2) is 17.1. The van der Waals surface area contributed by atoms with E-state index < -0.39 is 5.97 Å². The Bertz CT molecular complexity index is 2520. The summed E-state index contributed by atoms with van der Waals surface area (Å²) in [5.74, 6) is 4.80. The number of benzene rings is 3. The van der Waals surface area contributed by atoms with Crippen molar-refractivity contribution in [2.24, 2.45) is 23.7 Å².